The van der Waals surface area contributed by atoms with Crippen molar-refractivity contribution in [1.29, 1.82) is 0 Å². The number of benzene rings is 1. The zero-order valence-corrected chi connectivity index (χ0v) is 13.6. The van der Waals surface area contributed by atoms with E-state index in [9.17, 15) is 4.79 Å². The Bertz CT molecular complexity index is 782. The number of nitrogens with zero attached hydrogens (tertiary/aromatic N) is 4. The van der Waals surface area contributed by atoms with Gasteiger partial charge in [-0.15, -0.1) is 0 Å². The lowest BCUT2D eigenvalue weighted by atomic mass is 10.2. The monoisotopic (exact) mass is 323 g/mol. The van der Waals surface area contributed by atoms with E-state index < -0.39 is 0 Å². The van der Waals surface area contributed by atoms with Crippen LogP contribution in [0.1, 0.15) is 10.5 Å². The number of aromatic nitrogens is 3. The van der Waals surface area contributed by atoms with E-state index in [0.29, 0.717) is 5.69 Å². The molecule has 0 atom stereocenters. The smallest absolute Gasteiger partial charge is 0.270 e. The minimum Gasteiger partial charge on any atom is -0.351 e. The van der Waals surface area contributed by atoms with Gasteiger partial charge in [0.25, 0.3) is 5.91 Å². The van der Waals surface area contributed by atoms with Crippen molar-refractivity contribution in [1.82, 2.24) is 24.6 Å². The number of amides is 1. The summed E-state index contributed by atoms with van der Waals surface area (Å²) >= 11 is 0. The molecule has 6 nitrogen and oxygen atoms in total. The zero-order chi connectivity index (χ0) is 16.4. The summed E-state index contributed by atoms with van der Waals surface area (Å²) in [5.74, 6) is 0.0953. The Morgan fingerprint density at radius 1 is 1.08 bits per heavy atom. The fourth-order valence-corrected chi connectivity index (χ4v) is 3.21. The molecule has 0 radical (unpaired) electrons. The summed E-state index contributed by atoms with van der Waals surface area (Å²) < 4.78 is 1.95. The van der Waals surface area contributed by atoms with Gasteiger partial charge in [-0.2, -0.15) is 5.10 Å². The second-order valence-corrected chi connectivity index (χ2v) is 6.17. The Labute approximate surface area is 140 Å². The third-order valence-electron chi connectivity index (χ3n) is 4.62. The third-order valence-corrected chi connectivity index (χ3v) is 4.62. The van der Waals surface area contributed by atoms with Crippen LogP contribution < -0.4 is 0 Å². The maximum Gasteiger partial charge on any atom is 0.270 e. The predicted octanol–water partition coefficient (Wildman–Crippen LogP) is 1.82. The van der Waals surface area contributed by atoms with Gasteiger partial charge in [-0.25, -0.2) is 0 Å². The second kappa shape index (κ2) is 6.49. The number of nitrogens with one attached hydrogen (secondary N) is 1. The van der Waals surface area contributed by atoms with Gasteiger partial charge in [0.2, 0.25) is 0 Å². The summed E-state index contributed by atoms with van der Waals surface area (Å²) in [6.07, 6.45) is 3.78. The maximum absolute atomic E-state index is 12.7. The molecule has 1 aliphatic rings. The molecule has 1 fully saturated rings. The van der Waals surface area contributed by atoms with Crippen LogP contribution in [0.2, 0.25) is 0 Å². The lowest BCUT2D eigenvalue weighted by Gasteiger charge is -2.34. The van der Waals surface area contributed by atoms with Crippen LogP contribution in [-0.2, 0) is 6.54 Å². The van der Waals surface area contributed by atoms with Crippen molar-refractivity contribution in [3.63, 3.8) is 0 Å². The van der Waals surface area contributed by atoms with Crippen molar-refractivity contribution in [3.8, 4) is 0 Å². The third kappa shape index (κ3) is 3.05. The van der Waals surface area contributed by atoms with E-state index in [4.69, 9.17) is 0 Å². The van der Waals surface area contributed by atoms with Gasteiger partial charge in [-0.05, 0) is 18.2 Å². The summed E-state index contributed by atoms with van der Waals surface area (Å²) in [7, 11) is 0. The number of H-pyrrole nitrogens is 1. The summed E-state index contributed by atoms with van der Waals surface area (Å²) in [6.45, 7) is 5.22. The van der Waals surface area contributed by atoms with Crippen LogP contribution >= 0.6 is 0 Å². The topological polar surface area (TPSA) is 57.2 Å². The maximum atomic E-state index is 12.7. The van der Waals surface area contributed by atoms with Gasteiger partial charge in [0.1, 0.15) is 5.69 Å². The number of hydrogen-bond donors (Lipinski definition) is 1. The van der Waals surface area contributed by atoms with Crippen molar-refractivity contribution < 1.29 is 4.79 Å². The molecule has 4 rings (SSSR count). The molecule has 0 saturated carbocycles. The molecular weight excluding hydrogens is 302 g/mol. The average molecular weight is 323 g/mol. The fourth-order valence-electron chi connectivity index (χ4n) is 3.21. The first-order valence-electron chi connectivity index (χ1n) is 8.36. The van der Waals surface area contributed by atoms with Gasteiger partial charge in [-0.3, -0.25) is 14.4 Å². The number of piperazine rings is 1. The van der Waals surface area contributed by atoms with Crippen LogP contribution in [0.4, 0.5) is 0 Å². The number of hydrogen-bond acceptors (Lipinski definition) is 3. The molecule has 1 aromatic carbocycles. The van der Waals surface area contributed by atoms with E-state index in [1.165, 1.54) is 0 Å². The van der Waals surface area contributed by atoms with Crippen LogP contribution in [0.25, 0.3) is 10.9 Å². The van der Waals surface area contributed by atoms with Crippen LogP contribution in [0.5, 0.6) is 0 Å². The van der Waals surface area contributed by atoms with Gasteiger partial charge in [0.15, 0.2) is 0 Å². The van der Waals surface area contributed by atoms with Crippen molar-refractivity contribution >= 4 is 16.8 Å². The van der Waals surface area contributed by atoms with Crippen molar-refractivity contribution in [3.05, 3.63) is 54.5 Å². The van der Waals surface area contributed by atoms with E-state index >= 15 is 0 Å². The van der Waals surface area contributed by atoms with Crippen molar-refractivity contribution in [2.75, 3.05) is 32.7 Å². The zero-order valence-electron chi connectivity index (χ0n) is 13.6. The normalized spacial score (nSPS) is 15.9. The highest BCUT2D eigenvalue weighted by atomic mass is 16.2. The Morgan fingerprint density at radius 2 is 1.92 bits per heavy atom. The van der Waals surface area contributed by atoms with E-state index in [1.54, 1.807) is 6.20 Å². The Balaban J connectivity index is 1.34. The highest BCUT2D eigenvalue weighted by Crippen LogP contribution is 2.16. The lowest BCUT2D eigenvalue weighted by Crippen LogP contribution is -2.49. The summed E-state index contributed by atoms with van der Waals surface area (Å²) in [4.78, 5) is 20.2. The highest BCUT2D eigenvalue weighted by Gasteiger charge is 2.23. The first-order chi connectivity index (χ1) is 11.8. The Hall–Kier alpha value is -2.60. The molecule has 3 aromatic rings. The van der Waals surface area contributed by atoms with Gasteiger partial charge >= 0.3 is 0 Å². The van der Waals surface area contributed by atoms with E-state index in [2.05, 4.69) is 15.0 Å². The predicted molar refractivity (Wildman–Crippen MR) is 92.9 cm³/mol. The largest absolute Gasteiger partial charge is 0.351 e. The number of carbonyl (C=O) groups excluding carboxylic acids is 1. The number of aromatic amines is 1. The summed E-state index contributed by atoms with van der Waals surface area (Å²) in [5, 5.41) is 5.31. The molecule has 0 bridgehead atoms. The van der Waals surface area contributed by atoms with Gasteiger partial charge in [-0.1, -0.05) is 18.2 Å². The van der Waals surface area contributed by atoms with E-state index in [1.807, 2.05) is 52.2 Å². The molecule has 0 aliphatic carbocycles. The van der Waals surface area contributed by atoms with Gasteiger partial charge < -0.3 is 9.88 Å². The minimum absolute atomic E-state index is 0.0953. The molecule has 24 heavy (non-hydrogen) atoms. The number of para-hydroxylation sites is 1. The quantitative estimate of drug-likeness (QED) is 0.797. The highest BCUT2D eigenvalue weighted by molar-refractivity contribution is 5.98. The van der Waals surface area contributed by atoms with E-state index in [-0.39, 0.29) is 5.91 Å². The molecular formula is C18H21N5O. The first-order valence-corrected chi connectivity index (χ1v) is 8.36. The molecule has 1 aliphatic heterocycles. The number of carbonyl (C=O) groups is 1. The fraction of sp³-hybridized carbons (Fsp3) is 0.333. The Morgan fingerprint density at radius 3 is 2.67 bits per heavy atom. The standard InChI is InChI=1S/C18H21N5O/c24-18(17-14-15-4-1-2-5-16(15)20-17)22-11-8-21(9-12-22)10-13-23-7-3-6-19-23/h1-7,14,20H,8-13H2. The minimum atomic E-state index is 0.0953. The van der Waals surface area contributed by atoms with Crippen molar-refractivity contribution in [2.24, 2.45) is 0 Å². The molecule has 1 saturated heterocycles. The van der Waals surface area contributed by atoms with Crippen molar-refractivity contribution in [2.45, 2.75) is 6.54 Å². The van der Waals surface area contributed by atoms with Crippen LogP contribution in [0.15, 0.2) is 48.8 Å². The first kappa shape index (κ1) is 15.0. The molecule has 124 valence electrons. The summed E-state index contributed by atoms with van der Waals surface area (Å²) in [6, 6.07) is 11.9. The second-order valence-electron chi connectivity index (χ2n) is 6.17. The van der Waals surface area contributed by atoms with Crippen LogP contribution in [0.3, 0.4) is 0 Å². The van der Waals surface area contributed by atoms with Gasteiger partial charge in [0.05, 0.1) is 6.54 Å². The van der Waals surface area contributed by atoms with E-state index in [0.717, 1.165) is 50.2 Å². The Kier molecular flexibility index (Phi) is 4.04. The molecule has 1 amide bonds. The van der Waals surface area contributed by atoms with Gasteiger partial charge in [0, 0.05) is 56.0 Å². The molecule has 6 heteroatoms. The summed E-state index contributed by atoms with van der Waals surface area (Å²) in [5.41, 5.74) is 1.69. The number of rotatable bonds is 4. The van der Waals surface area contributed by atoms with Crippen LogP contribution in [0, 0.1) is 0 Å². The SMILES string of the molecule is O=C(c1cc2ccccc2[nH]1)N1CCN(CCn2cccn2)CC1. The number of fused-ring (bicyclic) bond motifs is 1. The molecule has 0 unspecified atom stereocenters. The molecule has 3 heterocycles. The molecule has 1 N–H and O–H groups in total. The van der Waals surface area contributed by atoms with Crippen LogP contribution in [-0.4, -0.2) is 63.2 Å². The lowest BCUT2D eigenvalue weighted by molar-refractivity contribution is 0.0627. The molecule has 0 spiro atoms. The molecule has 2 aromatic heterocycles. The average Bonchev–Trinajstić information content (AvgIpc) is 3.29.